The highest BCUT2D eigenvalue weighted by atomic mass is 16.3. The number of H-pyrrole nitrogens is 1. The summed E-state index contributed by atoms with van der Waals surface area (Å²) in [5.74, 6) is -0.798. The normalized spacial score (nSPS) is 15.9. The summed E-state index contributed by atoms with van der Waals surface area (Å²) >= 11 is 0. The van der Waals surface area contributed by atoms with E-state index >= 15 is 0 Å². The lowest BCUT2D eigenvalue weighted by molar-refractivity contribution is -0.117. The van der Waals surface area contributed by atoms with E-state index in [4.69, 9.17) is 0 Å². The van der Waals surface area contributed by atoms with Crippen LogP contribution in [0.3, 0.4) is 0 Å². The molecule has 4 rings (SSSR count). The molecular formula is C23H23N3O4. The third kappa shape index (κ3) is 3.61. The molecule has 7 heteroatoms. The summed E-state index contributed by atoms with van der Waals surface area (Å²) in [6, 6.07) is 7.33. The maximum absolute atomic E-state index is 13.0. The molecule has 0 bridgehead atoms. The minimum Gasteiger partial charge on any atom is -0.508 e. The van der Waals surface area contributed by atoms with Gasteiger partial charge in [0.05, 0.1) is 11.3 Å². The maximum atomic E-state index is 13.0. The number of nitrogens with one attached hydrogen (secondary N) is 3. The SMILES string of the molecule is CC(C)=CCc1ccc(O)c2c1C(=O)NC(Cc1c[nH]c3cc(O)ccc13)C(=O)N2. The van der Waals surface area contributed by atoms with Crippen LogP contribution in [0.25, 0.3) is 10.9 Å². The van der Waals surface area contributed by atoms with Gasteiger partial charge in [0, 0.05) is 29.6 Å². The summed E-state index contributed by atoms with van der Waals surface area (Å²) in [5, 5.41) is 26.3. The van der Waals surface area contributed by atoms with Crippen LogP contribution in [0.4, 0.5) is 5.69 Å². The largest absolute Gasteiger partial charge is 0.508 e. The number of rotatable bonds is 4. The Bertz CT molecular complexity index is 1190. The molecule has 1 aliphatic heterocycles. The number of phenolic OH excluding ortho intramolecular Hbond substituents is 2. The van der Waals surface area contributed by atoms with Gasteiger partial charge in [-0.05, 0) is 49.6 Å². The Labute approximate surface area is 173 Å². The van der Waals surface area contributed by atoms with Crippen molar-refractivity contribution in [1.29, 1.82) is 0 Å². The zero-order chi connectivity index (χ0) is 21.4. The van der Waals surface area contributed by atoms with E-state index in [0.717, 1.165) is 27.6 Å². The Balaban J connectivity index is 1.67. The van der Waals surface area contributed by atoms with E-state index in [2.05, 4.69) is 15.6 Å². The van der Waals surface area contributed by atoms with Gasteiger partial charge in [-0.3, -0.25) is 9.59 Å². The van der Waals surface area contributed by atoms with Crippen molar-refractivity contribution in [2.24, 2.45) is 0 Å². The number of hydrogen-bond acceptors (Lipinski definition) is 4. The fraction of sp³-hybridized carbons (Fsp3) is 0.217. The molecule has 0 aliphatic carbocycles. The number of aromatic hydroxyl groups is 2. The quantitative estimate of drug-likeness (QED) is 0.338. The molecule has 2 heterocycles. The zero-order valence-corrected chi connectivity index (χ0v) is 16.7. The molecule has 0 saturated carbocycles. The van der Waals surface area contributed by atoms with Crippen molar-refractivity contribution in [3.8, 4) is 11.5 Å². The maximum Gasteiger partial charge on any atom is 0.254 e. The number of fused-ring (bicyclic) bond motifs is 2. The first-order chi connectivity index (χ1) is 14.3. The summed E-state index contributed by atoms with van der Waals surface area (Å²) < 4.78 is 0. The van der Waals surface area contributed by atoms with Crippen molar-refractivity contribution in [3.63, 3.8) is 0 Å². The lowest BCUT2D eigenvalue weighted by Gasteiger charge is -2.14. The van der Waals surface area contributed by atoms with Gasteiger partial charge < -0.3 is 25.8 Å². The summed E-state index contributed by atoms with van der Waals surface area (Å²) in [6.45, 7) is 3.94. The lowest BCUT2D eigenvalue weighted by Crippen LogP contribution is -2.42. The minimum absolute atomic E-state index is 0.141. The highest BCUT2D eigenvalue weighted by Gasteiger charge is 2.31. The van der Waals surface area contributed by atoms with E-state index in [1.54, 1.807) is 30.5 Å². The predicted octanol–water partition coefficient (Wildman–Crippen LogP) is 3.38. The highest BCUT2D eigenvalue weighted by molar-refractivity contribution is 6.12. The molecule has 3 aromatic rings. The molecule has 1 atom stereocenters. The van der Waals surface area contributed by atoms with Crippen molar-refractivity contribution < 1.29 is 19.8 Å². The van der Waals surface area contributed by atoms with Crippen LogP contribution in [0.5, 0.6) is 11.5 Å². The second-order valence-corrected chi connectivity index (χ2v) is 7.74. The number of aromatic nitrogens is 1. The minimum atomic E-state index is -0.812. The number of carbonyl (C=O) groups is 2. The molecule has 30 heavy (non-hydrogen) atoms. The Morgan fingerprint density at radius 2 is 1.90 bits per heavy atom. The van der Waals surface area contributed by atoms with Crippen LogP contribution in [0, 0.1) is 0 Å². The molecular weight excluding hydrogens is 382 g/mol. The van der Waals surface area contributed by atoms with Gasteiger partial charge in [-0.25, -0.2) is 0 Å². The molecule has 154 valence electrons. The van der Waals surface area contributed by atoms with Gasteiger partial charge in [0.15, 0.2) is 0 Å². The van der Waals surface area contributed by atoms with E-state index in [-0.39, 0.29) is 29.2 Å². The van der Waals surface area contributed by atoms with Gasteiger partial charge in [0.1, 0.15) is 17.5 Å². The number of allylic oxidation sites excluding steroid dienone is 2. The molecule has 0 spiro atoms. The Hall–Kier alpha value is -3.74. The van der Waals surface area contributed by atoms with E-state index in [1.807, 2.05) is 19.9 Å². The Morgan fingerprint density at radius 3 is 2.67 bits per heavy atom. The van der Waals surface area contributed by atoms with Crippen molar-refractivity contribution in [3.05, 3.63) is 64.9 Å². The number of amides is 2. The second-order valence-electron chi connectivity index (χ2n) is 7.74. The van der Waals surface area contributed by atoms with Crippen LogP contribution in [-0.4, -0.2) is 33.1 Å². The van der Waals surface area contributed by atoms with Crippen LogP contribution in [0.2, 0.25) is 0 Å². The molecule has 1 aliphatic rings. The van der Waals surface area contributed by atoms with E-state index < -0.39 is 17.9 Å². The Kier molecular flexibility index (Phi) is 4.95. The fourth-order valence-electron chi connectivity index (χ4n) is 3.72. The van der Waals surface area contributed by atoms with E-state index in [9.17, 15) is 19.8 Å². The first-order valence-electron chi connectivity index (χ1n) is 9.72. The molecule has 7 nitrogen and oxygen atoms in total. The van der Waals surface area contributed by atoms with Crippen LogP contribution in [0.15, 0.2) is 48.2 Å². The number of phenols is 2. The third-order valence-electron chi connectivity index (χ3n) is 5.27. The van der Waals surface area contributed by atoms with Gasteiger partial charge in [-0.2, -0.15) is 0 Å². The van der Waals surface area contributed by atoms with Crippen LogP contribution in [0.1, 0.15) is 35.3 Å². The molecule has 0 radical (unpaired) electrons. The van der Waals surface area contributed by atoms with Gasteiger partial charge in [-0.15, -0.1) is 0 Å². The molecule has 0 fully saturated rings. The molecule has 2 aromatic carbocycles. The highest BCUT2D eigenvalue weighted by Crippen LogP contribution is 2.33. The van der Waals surface area contributed by atoms with Crippen molar-refractivity contribution in [1.82, 2.24) is 10.3 Å². The first kappa shape index (κ1) is 19.6. The smallest absolute Gasteiger partial charge is 0.254 e. The monoisotopic (exact) mass is 405 g/mol. The summed E-state index contributed by atoms with van der Waals surface area (Å²) in [7, 11) is 0. The molecule has 1 aromatic heterocycles. The topological polar surface area (TPSA) is 114 Å². The van der Waals surface area contributed by atoms with Crippen LogP contribution >= 0.6 is 0 Å². The molecule has 2 amide bonds. The third-order valence-corrected chi connectivity index (χ3v) is 5.27. The van der Waals surface area contributed by atoms with E-state index in [0.29, 0.717) is 6.42 Å². The van der Waals surface area contributed by atoms with Crippen LogP contribution in [-0.2, 0) is 17.6 Å². The summed E-state index contributed by atoms with van der Waals surface area (Å²) in [4.78, 5) is 29.0. The lowest BCUT2D eigenvalue weighted by atomic mass is 10.00. The average molecular weight is 405 g/mol. The van der Waals surface area contributed by atoms with Gasteiger partial charge >= 0.3 is 0 Å². The van der Waals surface area contributed by atoms with Crippen molar-refractivity contribution in [2.45, 2.75) is 32.7 Å². The molecule has 1 unspecified atom stereocenters. The number of hydrogen-bond donors (Lipinski definition) is 5. The predicted molar refractivity (Wildman–Crippen MR) is 115 cm³/mol. The summed E-state index contributed by atoms with van der Waals surface area (Å²) in [6.07, 6.45) is 4.54. The zero-order valence-electron chi connectivity index (χ0n) is 16.7. The van der Waals surface area contributed by atoms with Crippen molar-refractivity contribution in [2.75, 3.05) is 5.32 Å². The number of carbonyl (C=O) groups excluding carboxylic acids is 2. The standard InChI is InChI=1S/C23H23N3O4/c1-12(2)3-4-13-5-8-19(28)21-20(13)23(30)25-18(22(29)26-21)9-14-11-24-17-10-15(27)6-7-16(14)17/h3,5-8,10-11,18,24,27-28H,4,9H2,1-2H3,(H,25,30)(H,26,29). The van der Waals surface area contributed by atoms with Crippen molar-refractivity contribution >= 4 is 28.4 Å². The van der Waals surface area contributed by atoms with E-state index in [1.165, 1.54) is 6.07 Å². The number of anilines is 1. The van der Waals surface area contributed by atoms with Gasteiger partial charge in [0.25, 0.3) is 5.91 Å². The number of aromatic amines is 1. The van der Waals surface area contributed by atoms with Crippen LogP contribution < -0.4 is 10.6 Å². The van der Waals surface area contributed by atoms with Gasteiger partial charge in [0.2, 0.25) is 5.91 Å². The molecule has 5 N–H and O–H groups in total. The number of benzene rings is 2. The average Bonchev–Trinajstić information content (AvgIpc) is 3.03. The second kappa shape index (κ2) is 7.59. The van der Waals surface area contributed by atoms with Gasteiger partial charge in [-0.1, -0.05) is 17.7 Å². The molecule has 0 saturated heterocycles. The summed E-state index contributed by atoms with van der Waals surface area (Å²) in [5.41, 5.74) is 3.85. The Morgan fingerprint density at radius 1 is 1.10 bits per heavy atom. The fourth-order valence-corrected chi connectivity index (χ4v) is 3.72. The first-order valence-corrected chi connectivity index (χ1v) is 9.72.